The minimum Gasteiger partial charge on any atom is -0.123 e. The van der Waals surface area contributed by atoms with Crippen LogP contribution in [-0.2, 0) is 12.8 Å². The van der Waals surface area contributed by atoms with Crippen molar-refractivity contribution in [3.8, 4) is 0 Å². The van der Waals surface area contributed by atoms with Crippen molar-refractivity contribution in [1.29, 1.82) is 0 Å². The summed E-state index contributed by atoms with van der Waals surface area (Å²) in [6.45, 7) is 4.35. The number of rotatable bonds is 2. The summed E-state index contributed by atoms with van der Waals surface area (Å²) in [5.74, 6) is 0. The highest BCUT2D eigenvalue weighted by atomic mass is 35.5. The molecule has 0 saturated heterocycles. The number of halogens is 1. The van der Waals surface area contributed by atoms with Crippen LogP contribution in [0.15, 0.2) is 18.2 Å². The molecular weight excluding hydrogens is 212 g/mol. The van der Waals surface area contributed by atoms with Crippen LogP contribution in [0.5, 0.6) is 0 Å². The first-order valence-electron chi connectivity index (χ1n) is 4.96. The molecule has 0 spiro atoms. The van der Waals surface area contributed by atoms with E-state index in [2.05, 4.69) is 32.0 Å². The second-order valence-electron chi connectivity index (χ2n) is 3.36. The van der Waals surface area contributed by atoms with E-state index in [9.17, 15) is 0 Å². The molecule has 2 rings (SSSR count). The number of benzene rings is 1. The Labute approximate surface area is 93.5 Å². The van der Waals surface area contributed by atoms with Gasteiger partial charge < -0.3 is 0 Å². The number of thiophene rings is 1. The van der Waals surface area contributed by atoms with E-state index in [0.717, 1.165) is 17.2 Å². The van der Waals surface area contributed by atoms with Crippen LogP contribution in [0.4, 0.5) is 0 Å². The second kappa shape index (κ2) is 3.92. The molecule has 0 aliphatic rings. The fraction of sp³-hybridized carbons (Fsp3) is 0.333. The largest absolute Gasteiger partial charge is 0.123 e. The molecule has 0 amide bonds. The lowest BCUT2D eigenvalue weighted by Gasteiger charge is -1.99. The predicted molar refractivity (Wildman–Crippen MR) is 65.6 cm³/mol. The van der Waals surface area contributed by atoms with Crippen LogP contribution in [-0.4, -0.2) is 0 Å². The lowest BCUT2D eigenvalue weighted by molar-refractivity contribution is 1.16. The van der Waals surface area contributed by atoms with E-state index in [0.29, 0.717) is 0 Å². The van der Waals surface area contributed by atoms with Gasteiger partial charge in [-0.25, -0.2) is 0 Å². The van der Waals surface area contributed by atoms with Gasteiger partial charge >= 0.3 is 0 Å². The normalized spacial score (nSPS) is 11.1. The van der Waals surface area contributed by atoms with Crippen molar-refractivity contribution in [1.82, 2.24) is 0 Å². The Kier molecular flexibility index (Phi) is 2.80. The Morgan fingerprint density at radius 2 is 2.00 bits per heavy atom. The van der Waals surface area contributed by atoms with Gasteiger partial charge in [0.2, 0.25) is 0 Å². The summed E-state index contributed by atoms with van der Waals surface area (Å²) in [6.07, 6.45) is 2.10. The minimum absolute atomic E-state index is 0.961. The van der Waals surface area contributed by atoms with Gasteiger partial charge in [-0.05, 0) is 29.4 Å². The molecule has 0 aliphatic heterocycles. The summed E-state index contributed by atoms with van der Waals surface area (Å²) in [6, 6.07) is 6.49. The molecule has 2 heteroatoms. The molecule has 1 heterocycles. The molecule has 0 N–H and O–H groups in total. The van der Waals surface area contributed by atoms with E-state index in [1.165, 1.54) is 21.2 Å². The molecule has 0 atom stereocenters. The standard InChI is InChI=1S/C12H13ClS/c1-3-8-6-5-7-10-9(4-2)12(13)14-11(8)10/h5-7H,3-4H2,1-2H3. The molecule has 1 aromatic heterocycles. The van der Waals surface area contributed by atoms with Crippen LogP contribution >= 0.6 is 22.9 Å². The van der Waals surface area contributed by atoms with Gasteiger partial charge in [-0.15, -0.1) is 11.3 Å². The Morgan fingerprint density at radius 3 is 2.64 bits per heavy atom. The molecule has 0 saturated carbocycles. The molecule has 0 fully saturated rings. The average molecular weight is 225 g/mol. The van der Waals surface area contributed by atoms with Crippen molar-refractivity contribution in [2.45, 2.75) is 26.7 Å². The second-order valence-corrected chi connectivity index (χ2v) is 4.98. The van der Waals surface area contributed by atoms with Crippen LogP contribution in [0.2, 0.25) is 4.34 Å². The number of hydrogen-bond donors (Lipinski definition) is 0. The van der Waals surface area contributed by atoms with Crippen molar-refractivity contribution < 1.29 is 0 Å². The molecule has 0 unspecified atom stereocenters. The summed E-state index contributed by atoms with van der Waals surface area (Å²) in [5, 5.41) is 1.35. The van der Waals surface area contributed by atoms with Gasteiger partial charge in [0.05, 0.1) is 4.34 Å². The molecule has 0 radical (unpaired) electrons. The summed E-state index contributed by atoms with van der Waals surface area (Å²) in [7, 11) is 0. The zero-order chi connectivity index (χ0) is 10.1. The van der Waals surface area contributed by atoms with Crippen molar-refractivity contribution in [3.63, 3.8) is 0 Å². The fourth-order valence-electron chi connectivity index (χ4n) is 1.81. The molecule has 0 aliphatic carbocycles. The summed E-state index contributed by atoms with van der Waals surface area (Å²) in [5.41, 5.74) is 2.72. The molecule has 74 valence electrons. The third-order valence-corrected chi connectivity index (χ3v) is 4.16. The number of aryl methyl sites for hydroxylation is 2. The molecular formula is C12H13ClS. The quantitative estimate of drug-likeness (QED) is 0.695. The lowest BCUT2D eigenvalue weighted by atomic mass is 10.1. The van der Waals surface area contributed by atoms with Crippen LogP contribution in [0, 0.1) is 0 Å². The van der Waals surface area contributed by atoms with Gasteiger partial charge in [0.25, 0.3) is 0 Å². The van der Waals surface area contributed by atoms with Gasteiger partial charge in [-0.3, -0.25) is 0 Å². The van der Waals surface area contributed by atoms with Gasteiger partial charge in [0.15, 0.2) is 0 Å². The maximum absolute atomic E-state index is 6.22. The van der Waals surface area contributed by atoms with Crippen LogP contribution in [0.3, 0.4) is 0 Å². The smallest absolute Gasteiger partial charge is 0.0972 e. The van der Waals surface area contributed by atoms with E-state index in [4.69, 9.17) is 11.6 Å². The number of hydrogen-bond acceptors (Lipinski definition) is 1. The van der Waals surface area contributed by atoms with Crippen molar-refractivity contribution in [2.75, 3.05) is 0 Å². The highest BCUT2D eigenvalue weighted by Crippen LogP contribution is 2.37. The summed E-state index contributed by atoms with van der Waals surface area (Å²) >= 11 is 7.94. The van der Waals surface area contributed by atoms with E-state index < -0.39 is 0 Å². The molecule has 0 nitrogen and oxygen atoms in total. The highest BCUT2D eigenvalue weighted by molar-refractivity contribution is 7.23. The average Bonchev–Trinajstić information content (AvgIpc) is 2.52. The zero-order valence-corrected chi connectivity index (χ0v) is 10.0. The number of fused-ring (bicyclic) bond motifs is 1. The lowest BCUT2D eigenvalue weighted by Crippen LogP contribution is -1.81. The Bertz CT molecular complexity index is 457. The Hall–Kier alpha value is -0.530. The monoisotopic (exact) mass is 224 g/mol. The first-order valence-corrected chi connectivity index (χ1v) is 6.16. The Morgan fingerprint density at radius 1 is 1.21 bits per heavy atom. The van der Waals surface area contributed by atoms with E-state index in [1.807, 2.05) is 0 Å². The molecule has 0 bridgehead atoms. The van der Waals surface area contributed by atoms with Crippen molar-refractivity contribution in [2.24, 2.45) is 0 Å². The molecule has 2 aromatic rings. The van der Waals surface area contributed by atoms with Gasteiger partial charge in [0.1, 0.15) is 0 Å². The first kappa shape index (κ1) is 10.0. The van der Waals surface area contributed by atoms with Crippen LogP contribution in [0.25, 0.3) is 10.1 Å². The fourth-order valence-corrected chi connectivity index (χ4v) is 3.48. The van der Waals surface area contributed by atoms with Crippen molar-refractivity contribution >= 4 is 33.0 Å². The van der Waals surface area contributed by atoms with Crippen LogP contribution in [0.1, 0.15) is 25.0 Å². The predicted octanol–water partition coefficient (Wildman–Crippen LogP) is 4.68. The van der Waals surface area contributed by atoms with Gasteiger partial charge in [0, 0.05) is 4.70 Å². The van der Waals surface area contributed by atoms with Gasteiger partial charge in [-0.2, -0.15) is 0 Å². The van der Waals surface area contributed by atoms with E-state index >= 15 is 0 Å². The van der Waals surface area contributed by atoms with Crippen molar-refractivity contribution in [3.05, 3.63) is 33.7 Å². The topological polar surface area (TPSA) is 0 Å². The highest BCUT2D eigenvalue weighted by Gasteiger charge is 2.10. The summed E-state index contributed by atoms with van der Waals surface area (Å²) < 4.78 is 2.33. The Balaban J connectivity index is 2.79. The maximum atomic E-state index is 6.22. The molecule has 14 heavy (non-hydrogen) atoms. The van der Waals surface area contributed by atoms with Crippen LogP contribution < -0.4 is 0 Å². The molecule has 1 aromatic carbocycles. The van der Waals surface area contributed by atoms with Gasteiger partial charge in [-0.1, -0.05) is 43.6 Å². The summed E-state index contributed by atoms with van der Waals surface area (Å²) in [4.78, 5) is 0. The minimum atomic E-state index is 0.961. The zero-order valence-electron chi connectivity index (χ0n) is 8.43. The van der Waals surface area contributed by atoms with E-state index in [1.54, 1.807) is 11.3 Å². The SMILES string of the molecule is CCc1c(Cl)sc2c(CC)cccc12. The van der Waals surface area contributed by atoms with E-state index in [-0.39, 0.29) is 0 Å². The third kappa shape index (κ3) is 1.45. The maximum Gasteiger partial charge on any atom is 0.0972 e. The third-order valence-electron chi connectivity index (χ3n) is 2.59. The first-order chi connectivity index (χ1) is 6.77.